The summed E-state index contributed by atoms with van der Waals surface area (Å²) in [5, 5.41) is 5.47. The topological polar surface area (TPSA) is 97.4 Å². The number of amides is 2. The number of nitrogens with one attached hydrogen (secondary N) is 2. The molecule has 11 heteroatoms. The van der Waals surface area contributed by atoms with Crippen LogP contribution in [-0.2, 0) is 19.1 Å². The number of anilines is 1. The number of ether oxygens (including phenoxy) is 1. The monoisotopic (exact) mass is 339 g/mol. The van der Waals surface area contributed by atoms with Gasteiger partial charge in [-0.25, -0.2) is 4.98 Å². The van der Waals surface area contributed by atoms with E-state index in [4.69, 9.17) is 0 Å². The number of halogens is 3. The van der Waals surface area contributed by atoms with E-state index in [2.05, 4.69) is 15.0 Å². The first-order valence-corrected chi connectivity index (χ1v) is 6.71. The molecule has 122 valence electrons. The highest BCUT2D eigenvalue weighted by Crippen LogP contribution is 2.16. The van der Waals surface area contributed by atoms with E-state index in [0.717, 1.165) is 18.3 Å². The standard InChI is InChI=1S/C11H12F3N3O4S/c1-5-4-22-10(15-5)17-8(19)7(3-21-6(2)18)16-9(20)11(12,13)14/h4,7H,3H2,1-2H3,(H,16,20)(H,15,17,19)/t7-/m1/s1. The van der Waals surface area contributed by atoms with Crippen LogP contribution in [0.25, 0.3) is 0 Å². The van der Waals surface area contributed by atoms with E-state index in [0.29, 0.717) is 5.69 Å². The zero-order valence-electron chi connectivity index (χ0n) is 11.5. The summed E-state index contributed by atoms with van der Waals surface area (Å²) in [5.74, 6) is -4.09. The summed E-state index contributed by atoms with van der Waals surface area (Å²) in [7, 11) is 0. The number of carbonyl (C=O) groups is 3. The molecule has 7 nitrogen and oxygen atoms in total. The molecule has 0 radical (unpaired) electrons. The van der Waals surface area contributed by atoms with E-state index in [9.17, 15) is 27.6 Å². The third-order valence-corrected chi connectivity index (χ3v) is 3.06. The Labute approximate surface area is 126 Å². The van der Waals surface area contributed by atoms with Crippen LogP contribution in [0.3, 0.4) is 0 Å². The summed E-state index contributed by atoms with van der Waals surface area (Å²) >= 11 is 1.06. The van der Waals surface area contributed by atoms with Gasteiger partial charge < -0.3 is 15.4 Å². The molecule has 0 aliphatic heterocycles. The summed E-state index contributed by atoms with van der Waals surface area (Å²) in [6.07, 6.45) is -5.16. The Morgan fingerprint density at radius 1 is 1.41 bits per heavy atom. The average molecular weight is 339 g/mol. The van der Waals surface area contributed by atoms with Crippen LogP contribution in [-0.4, -0.2) is 41.6 Å². The van der Waals surface area contributed by atoms with Crippen LogP contribution < -0.4 is 10.6 Å². The predicted octanol–water partition coefficient (Wildman–Crippen LogP) is 1.00. The van der Waals surface area contributed by atoms with Crippen LogP contribution >= 0.6 is 11.3 Å². The van der Waals surface area contributed by atoms with Crippen molar-refractivity contribution in [3.8, 4) is 0 Å². The quantitative estimate of drug-likeness (QED) is 0.780. The van der Waals surface area contributed by atoms with Gasteiger partial charge in [-0.2, -0.15) is 13.2 Å². The molecule has 1 rings (SSSR count). The molecule has 0 aliphatic rings. The second-order valence-electron chi connectivity index (χ2n) is 4.11. The Kier molecular flexibility index (Phi) is 5.85. The fourth-order valence-electron chi connectivity index (χ4n) is 1.23. The largest absolute Gasteiger partial charge is 0.471 e. The number of alkyl halides is 3. The number of esters is 1. The molecule has 0 unspecified atom stereocenters. The van der Waals surface area contributed by atoms with Gasteiger partial charge in [-0.1, -0.05) is 0 Å². The van der Waals surface area contributed by atoms with Gasteiger partial charge in [0, 0.05) is 12.3 Å². The number of nitrogens with zero attached hydrogens (tertiary/aromatic N) is 1. The first kappa shape index (κ1) is 17.9. The maximum atomic E-state index is 12.2. The average Bonchev–Trinajstić information content (AvgIpc) is 2.77. The van der Waals surface area contributed by atoms with E-state index in [1.165, 1.54) is 5.32 Å². The lowest BCUT2D eigenvalue weighted by atomic mass is 10.3. The molecular weight excluding hydrogens is 327 g/mol. The molecule has 0 aromatic carbocycles. The predicted molar refractivity (Wildman–Crippen MR) is 70.1 cm³/mol. The van der Waals surface area contributed by atoms with Crippen molar-refractivity contribution in [2.75, 3.05) is 11.9 Å². The minimum Gasteiger partial charge on any atom is -0.463 e. The van der Waals surface area contributed by atoms with Gasteiger partial charge in [0.2, 0.25) is 0 Å². The summed E-state index contributed by atoms with van der Waals surface area (Å²) in [4.78, 5) is 37.4. The number of hydrogen-bond donors (Lipinski definition) is 2. The second-order valence-corrected chi connectivity index (χ2v) is 4.97. The fraction of sp³-hybridized carbons (Fsp3) is 0.455. The molecule has 1 atom stereocenters. The number of aromatic nitrogens is 1. The van der Waals surface area contributed by atoms with E-state index in [1.807, 2.05) is 0 Å². The van der Waals surface area contributed by atoms with E-state index < -0.39 is 36.6 Å². The van der Waals surface area contributed by atoms with Gasteiger partial charge in [0.25, 0.3) is 5.91 Å². The van der Waals surface area contributed by atoms with Crippen molar-refractivity contribution in [2.45, 2.75) is 26.1 Å². The van der Waals surface area contributed by atoms with Crippen LogP contribution in [0.4, 0.5) is 18.3 Å². The van der Waals surface area contributed by atoms with Gasteiger partial charge >= 0.3 is 18.1 Å². The lowest BCUT2D eigenvalue weighted by molar-refractivity contribution is -0.175. The first-order valence-electron chi connectivity index (χ1n) is 5.83. The highest BCUT2D eigenvalue weighted by Gasteiger charge is 2.41. The van der Waals surface area contributed by atoms with Crippen molar-refractivity contribution in [2.24, 2.45) is 0 Å². The Balaban J connectivity index is 2.77. The lowest BCUT2D eigenvalue weighted by Crippen LogP contribution is -2.51. The third kappa shape index (κ3) is 5.68. The minimum absolute atomic E-state index is 0.150. The maximum Gasteiger partial charge on any atom is 0.471 e. The molecular formula is C11H12F3N3O4S. The highest BCUT2D eigenvalue weighted by molar-refractivity contribution is 7.13. The Morgan fingerprint density at radius 2 is 2.05 bits per heavy atom. The number of thiazole rings is 1. The molecule has 0 saturated carbocycles. The lowest BCUT2D eigenvalue weighted by Gasteiger charge is -2.18. The molecule has 1 aromatic heterocycles. The maximum absolute atomic E-state index is 12.2. The van der Waals surface area contributed by atoms with Gasteiger partial charge in [0.15, 0.2) is 5.13 Å². The third-order valence-electron chi connectivity index (χ3n) is 2.18. The van der Waals surface area contributed by atoms with Crippen LogP contribution in [0.5, 0.6) is 0 Å². The number of carbonyl (C=O) groups excluding carboxylic acids is 3. The van der Waals surface area contributed by atoms with Gasteiger partial charge in [-0.3, -0.25) is 14.4 Å². The smallest absolute Gasteiger partial charge is 0.463 e. The zero-order chi connectivity index (χ0) is 16.9. The SMILES string of the molecule is CC(=O)OC[C@@H](NC(=O)C(F)(F)F)C(=O)Nc1nc(C)cs1. The van der Waals surface area contributed by atoms with Gasteiger partial charge in [-0.05, 0) is 6.92 Å². The van der Waals surface area contributed by atoms with E-state index in [-0.39, 0.29) is 5.13 Å². The zero-order valence-corrected chi connectivity index (χ0v) is 12.3. The molecule has 2 amide bonds. The molecule has 2 N–H and O–H groups in total. The number of hydrogen-bond acceptors (Lipinski definition) is 6. The fourth-order valence-corrected chi connectivity index (χ4v) is 1.92. The van der Waals surface area contributed by atoms with Crippen molar-refractivity contribution >= 4 is 34.3 Å². The summed E-state index contributed by atoms with van der Waals surface area (Å²) < 4.78 is 41.2. The van der Waals surface area contributed by atoms with E-state index in [1.54, 1.807) is 12.3 Å². The minimum atomic E-state index is -5.16. The molecule has 1 heterocycles. The Morgan fingerprint density at radius 3 is 2.50 bits per heavy atom. The van der Waals surface area contributed by atoms with E-state index >= 15 is 0 Å². The van der Waals surface area contributed by atoms with Gasteiger partial charge in [0.1, 0.15) is 12.6 Å². The summed E-state index contributed by atoms with van der Waals surface area (Å²) in [6.45, 7) is 1.95. The van der Waals surface area contributed by atoms with Crippen LogP contribution in [0.1, 0.15) is 12.6 Å². The highest BCUT2D eigenvalue weighted by atomic mass is 32.1. The number of aryl methyl sites for hydroxylation is 1. The Bertz CT molecular complexity index is 573. The molecule has 0 bridgehead atoms. The molecule has 22 heavy (non-hydrogen) atoms. The number of rotatable bonds is 5. The van der Waals surface area contributed by atoms with Crippen molar-refractivity contribution in [3.63, 3.8) is 0 Å². The van der Waals surface area contributed by atoms with Crippen LogP contribution in [0.2, 0.25) is 0 Å². The summed E-state index contributed by atoms with van der Waals surface area (Å²) in [5.41, 5.74) is 0.608. The Hall–Kier alpha value is -2.17. The van der Waals surface area contributed by atoms with Crippen LogP contribution in [0, 0.1) is 6.92 Å². The molecule has 0 spiro atoms. The molecule has 0 aliphatic carbocycles. The summed E-state index contributed by atoms with van der Waals surface area (Å²) in [6, 6.07) is -1.69. The van der Waals surface area contributed by atoms with Gasteiger partial charge in [-0.15, -0.1) is 11.3 Å². The van der Waals surface area contributed by atoms with Crippen LogP contribution in [0.15, 0.2) is 5.38 Å². The van der Waals surface area contributed by atoms with Gasteiger partial charge in [0.05, 0.1) is 5.69 Å². The van der Waals surface area contributed by atoms with Crippen molar-refractivity contribution in [1.29, 1.82) is 0 Å². The molecule has 0 saturated heterocycles. The van der Waals surface area contributed by atoms with Crippen molar-refractivity contribution in [3.05, 3.63) is 11.1 Å². The first-order chi connectivity index (χ1) is 10.1. The van der Waals surface area contributed by atoms with Crippen molar-refractivity contribution in [1.82, 2.24) is 10.3 Å². The van der Waals surface area contributed by atoms with Crippen molar-refractivity contribution < 1.29 is 32.3 Å². The molecule has 1 aromatic rings. The normalized spacial score (nSPS) is 12.4. The second kappa shape index (κ2) is 7.20. The molecule has 0 fully saturated rings.